The normalized spacial score (nSPS) is 9.67. The van der Waals surface area contributed by atoms with Crippen LogP contribution in [0.5, 0.6) is 0 Å². The maximum Gasteiger partial charge on any atom is -0.0105 e. The van der Waals surface area contributed by atoms with Gasteiger partial charge in [-0.05, 0) is 29.2 Å². The Kier molecular flexibility index (Phi) is 5.34. The summed E-state index contributed by atoms with van der Waals surface area (Å²) < 4.78 is 0. The summed E-state index contributed by atoms with van der Waals surface area (Å²) in [7, 11) is 0. The lowest BCUT2D eigenvalue weighted by atomic mass is 9.94. The Morgan fingerprint density at radius 3 is 1.43 bits per heavy atom. The zero-order chi connectivity index (χ0) is 15.1. The van der Waals surface area contributed by atoms with Crippen LogP contribution in [0.1, 0.15) is 19.4 Å². The zero-order valence-electron chi connectivity index (χ0n) is 13.0. The van der Waals surface area contributed by atoms with E-state index in [0.717, 1.165) is 0 Å². The van der Waals surface area contributed by atoms with E-state index in [-0.39, 0.29) is 0 Å². The molecule has 0 aromatic heterocycles. The first kappa shape index (κ1) is 15.1. The van der Waals surface area contributed by atoms with Crippen molar-refractivity contribution in [1.82, 2.24) is 0 Å². The fourth-order valence-electron chi connectivity index (χ4n) is 2.34. The average Bonchev–Trinajstić information content (AvgIpc) is 2.58. The molecule has 3 aromatic carbocycles. The summed E-state index contributed by atoms with van der Waals surface area (Å²) in [4.78, 5) is 0. The van der Waals surface area contributed by atoms with Gasteiger partial charge in [0.1, 0.15) is 0 Å². The summed E-state index contributed by atoms with van der Waals surface area (Å²) in [5.41, 5.74) is 6.39. The van der Waals surface area contributed by atoms with Crippen molar-refractivity contribution in [3.8, 4) is 22.3 Å². The highest BCUT2D eigenvalue weighted by atomic mass is 14.1. The third kappa shape index (κ3) is 3.61. The first-order valence-corrected chi connectivity index (χ1v) is 7.56. The Labute approximate surface area is 128 Å². The van der Waals surface area contributed by atoms with Crippen LogP contribution in [0, 0.1) is 6.92 Å². The van der Waals surface area contributed by atoms with Crippen molar-refractivity contribution in [2.24, 2.45) is 0 Å². The average molecular weight is 274 g/mol. The van der Waals surface area contributed by atoms with Gasteiger partial charge in [0.25, 0.3) is 0 Å². The van der Waals surface area contributed by atoms with E-state index in [9.17, 15) is 0 Å². The molecular formula is C21H22. The molecule has 0 nitrogen and oxygen atoms in total. The van der Waals surface area contributed by atoms with E-state index in [1.165, 1.54) is 27.8 Å². The fraction of sp³-hybridized carbons (Fsp3) is 0.143. The highest BCUT2D eigenvalue weighted by molar-refractivity contribution is 5.83. The summed E-state index contributed by atoms with van der Waals surface area (Å²) in [6.45, 7) is 6.12. The molecule has 0 aliphatic carbocycles. The van der Waals surface area contributed by atoms with Crippen LogP contribution in [0.4, 0.5) is 0 Å². The van der Waals surface area contributed by atoms with Gasteiger partial charge < -0.3 is 0 Å². The first-order valence-electron chi connectivity index (χ1n) is 7.56. The van der Waals surface area contributed by atoms with Crippen molar-refractivity contribution in [3.63, 3.8) is 0 Å². The smallest absolute Gasteiger partial charge is 0.0105 e. The predicted molar refractivity (Wildman–Crippen MR) is 93.4 cm³/mol. The zero-order valence-corrected chi connectivity index (χ0v) is 13.0. The number of hydrogen-bond acceptors (Lipinski definition) is 0. The van der Waals surface area contributed by atoms with Gasteiger partial charge in [-0.25, -0.2) is 0 Å². The Hall–Kier alpha value is -2.34. The maximum absolute atomic E-state index is 2.19. The van der Waals surface area contributed by atoms with Crippen LogP contribution >= 0.6 is 0 Å². The van der Waals surface area contributed by atoms with Gasteiger partial charge in [0.15, 0.2) is 0 Å². The van der Waals surface area contributed by atoms with Gasteiger partial charge in [0.05, 0.1) is 0 Å². The molecule has 0 spiro atoms. The van der Waals surface area contributed by atoms with Gasteiger partial charge in [0, 0.05) is 0 Å². The first-order chi connectivity index (χ1) is 10.3. The van der Waals surface area contributed by atoms with E-state index in [4.69, 9.17) is 0 Å². The molecule has 0 unspecified atom stereocenters. The lowest BCUT2D eigenvalue weighted by Gasteiger charge is -2.10. The molecule has 106 valence electrons. The molecule has 0 saturated carbocycles. The maximum atomic E-state index is 2.19. The lowest BCUT2D eigenvalue weighted by molar-refractivity contribution is 1.47. The minimum Gasteiger partial charge on any atom is -0.0683 e. The van der Waals surface area contributed by atoms with E-state index in [1.807, 2.05) is 13.8 Å². The summed E-state index contributed by atoms with van der Waals surface area (Å²) in [5.74, 6) is 0. The number of benzene rings is 3. The fourth-order valence-corrected chi connectivity index (χ4v) is 2.34. The molecule has 0 heteroatoms. The molecule has 0 aliphatic heterocycles. The predicted octanol–water partition coefficient (Wildman–Crippen LogP) is 6.36. The van der Waals surface area contributed by atoms with Crippen molar-refractivity contribution in [2.75, 3.05) is 0 Å². The van der Waals surface area contributed by atoms with Crippen LogP contribution in [0.3, 0.4) is 0 Å². The molecular weight excluding hydrogens is 252 g/mol. The molecule has 0 saturated heterocycles. The molecule has 0 bridgehead atoms. The van der Waals surface area contributed by atoms with Crippen LogP contribution in [-0.2, 0) is 0 Å². The van der Waals surface area contributed by atoms with E-state index in [2.05, 4.69) is 85.8 Å². The minimum absolute atomic E-state index is 1.26. The van der Waals surface area contributed by atoms with E-state index in [0.29, 0.717) is 0 Å². The SMILES string of the molecule is CC.Cc1ccc(-c2ccccc2-c2ccccc2)cc1. The summed E-state index contributed by atoms with van der Waals surface area (Å²) >= 11 is 0. The standard InChI is InChI=1S/C19H16.C2H6/c1-15-11-13-17(14-12-15)19-10-6-5-9-18(19)16-7-3-2-4-8-16;1-2/h2-14H,1H3;1-2H3. The highest BCUT2D eigenvalue weighted by Crippen LogP contribution is 2.31. The third-order valence-corrected chi connectivity index (χ3v) is 3.37. The number of aryl methyl sites for hydroxylation is 1. The van der Waals surface area contributed by atoms with Crippen molar-refractivity contribution in [2.45, 2.75) is 20.8 Å². The molecule has 0 radical (unpaired) electrons. The van der Waals surface area contributed by atoms with Crippen LogP contribution in [0.15, 0.2) is 78.9 Å². The van der Waals surface area contributed by atoms with Crippen molar-refractivity contribution in [3.05, 3.63) is 84.4 Å². The Bertz CT molecular complexity index is 664. The number of rotatable bonds is 2. The molecule has 3 aromatic rings. The Balaban J connectivity index is 0.000000774. The number of hydrogen-bond donors (Lipinski definition) is 0. The topological polar surface area (TPSA) is 0 Å². The molecule has 0 heterocycles. The molecule has 0 fully saturated rings. The van der Waals surface area contributed by atoms with Crippen LogP contribution in [0.2, 0.25) is 0 Å². The van der Waals surface area contributed by atoms with Crippen LogP contribution in [-0.4, -0.2) is 0 Å². The molecule has 0 amide bonds. The van der Waals surface area contributed by atoms with Gasteiger partial charge in [-0.3, -0.25) is 0 Å². The monoisotopic (exact) mass is 274 g/mol. The highest BCUT2D eigenvalue weighted by Gasteiger charge is 2.05. The second-order valence-corrected chi connectivity index (χ2v) is 4.78. The van der Waals surface area contributed by atoms with Gasteiger partial charge >= 0.3 is 0 Å². The van der Waals surface area contributed by atoms with Crippen molar-refractivity contribution in [1.29, 1.82) is 0 Å². The second kappa shape index (κ2) is 7.44. The van der Waals surface area contributed by atoms with Gasteiger partial charge in [-0.1, -0.05) is 98.3 Å². The summed E-state index contributed by atoms with van der Waals surface area (Å²) in [5, 5.41) is 0. The lowest BCUT2D eigenvalue weighted by Crippen LogP contribution is -1.84. The molecule has 3 rings (SSSR count). The third-order valence-electron chi connectivity index (χ3n) is 3.37. The van der Waals surface area contributed by atoms with Crippen molar-refractivity contribution >= 4 is 0 Å². The van der Waals surface area contributed by atoms with Crippen LogP contribution in [0.25, 0.3) is 22.3 Å². The molecule has 0 atom stereocenters. The van der Waals surface area contributed by atoms with Crippen molar-refractivity contribution < 1.29 is 0 Å². The minimum atomic E-state index is 1.26. The second-order valence-electron chi connectivity index (χ2n) is 4.78. The van der Waals surface area contributed by atoms with Gasteiger partial charge in [0.2, 0.25) is 0 Å². The summed E-state index contributed by atoms with van der Waals surface area (Å²) in [6.07, 6.45) is 0. The van der Waals surface area contributed by atoms with Gasteiger partial charge in [-0.15, -0.1) is 0 Å². The summed E-state index contributed by atoms with van der Waals surface area (Å²) in [6, 6.07) is 27.8. The molecule has 0 aliphatic rings. The van der Waals surface area contributed by atoms with E-state index >= 15 is 0 Å². The van der Waals surface area contributed by atoms with E-state index in [1.54, 1.807) is 0 Å². The van der Waals surface area contributed by atoms with Crippen LogP contribution < -0.4 is 0 Å². The molecule has 0 N–H and O–H groups in total. The Morgan fingerprint density at radius 2 is 0.905 bits per heavy atom. The Morgan fingerprint density at radius 1 is 0.476 bits per heavy atom. The largest absolute Gasteiger partial charge is 0.0683 e. The molecule has 21 heavy (non-hydrogen) atoms. The van der Waals surface area contributed by atoms with E-state index < -0.39 is 0 Å². The van der Waals surface area contributed by atoms with Gasteiger partial charge in [-0.2, -0.15) is 0 Å². The quantitative estimate of drug-likeness (QED) is 0.510.